The van der Waals surface area contributed by atoms with Gasteiger partial charge in [0.05, 0.1) is 12.8 Å². The molecule has 0 radical (unpaired) electrons. The molecule has 2 unspecified atom stereocenters. The first-order chi connectivity index (χ1) is 12.7. The zero-order valence-corrected chi connectivity index (χ0v) is 16.1. The van der Waals surface area contributed by atoms with E-state index in [4.69, 9.17) is 4.74 Å². The molecule has 0 aliphatic carbocycles. The smallest absolute Gasteiger partial charge is 0.316 e. The molecular weight excluding hydrogens is 353 g/mol. The average Bonchev–Trinajstić information content (AvgIpc) is 3.11. The van der Waals surface area contributed by atoms with E-state index in [1.165, 1.54) is 7.11 Å². The minimum absolute atomic E-state index is 0.0260. The van der Waals surface area contributed by atoms with Crippen molar-refractivity contribution in [3.05, 3.63) is 17.4 Å². The third kappa shape index (κ3) is 3.22. The van der Waals surface area contributed by atoms with E-state index in [-0.39, 0.29) is 23.4 Å². The molecular formula is C19H26FN3O4. The van der Waals surface area contributed by atoms with Gasteiger partial charge >= 0.3 is 5.97 Å². The topological polar surface area (TPSA) is 90.9 Å². The Morgan fingerprint density at radius 1 is 1.48 bits per heavy atom. The van der Waals surface area contributed by atoms with E-state index in [0.29, 0.717) is 30.4 Å². The van der Waals surface area contributed by atoms with Crippen molar-refractivity contribution < 1.29 is 23.8 Å². The predicted octanol–water partition coefficient (Wildman–Crippen LogP) is 1.97. The lowest BCUT2D eigenvalue weighted by Crippen LogP contribution is -2.45. The number of aliphatic carboxylic acids is 1. The minimum Gasteiger partial charge on any atom is -0.492 e. The number of Topliss-reactive ketones (excluding diaryl/α,β-unsaturated/α-hetero) is 1. The van der Waals surface area contributed by atoms with Crippen molar-refractivity contribution in [2.45, 2.75) is 25.8 Å². The van der Waals surface area contributed by atoms with Gasteiger partial charge in [-0.3, -0.25) is 9.59 Å². The Hall–Kier alpha value is -2.35. The average molecular weight is 379 g/mol. The summed E-state index contributed by atoms with van der Waals surface area (Å²) >= 11 is 0. The zero-order chi connectivity index (χ0) is 19.9. The molecule has 2 heterocycles. The quantitative estimate of drug-likeness (QED) is 0.674. The van der Waals surface area contributed by atoms with Gasteiger partial charge in [0.15, 0.2) is 17.3 Å². The van der Waals surface area contributed by atoms with Crippen LogP contribution in [-0.2, 0) is 4.79 Å². The zero-order valence-electron chi connectivity index (χ0n) is 16.1. The second-order valence-corrected chi connectivity index (χ2v) is 7.70. The Labute approximate surface area is 157 Å². The molecule has 2 aliphatic rings. The summed E-state index contributed by atoms with van der Waals surface area (Å²) in [5, 5.41) is 15.4. The van der Waals surface area contributed by atoms with Crippen LogP contribution in [0, 0.1) is 17.7 Å². The van der Waals surface area contributed by atoms with Crippen molar-refractivity contribution >= 4 is 23.1 Å². The molecule has 27 heavy (non-hydrogen) atoms. The van der Waals surface area contributed by atoms with Gasteiger partial charge in [-0.1, -0.05) is 0 Å². The highest BCUT2D eigenvalue weighted by Crippen LogP contribution is 2.45. The Kier molecular flexibility index (Phi) is 5.03. The van der Waals surface area contributed by atoms with Crippen LogP contribution in [0.4, 0.5) is 15.8 Å². The fourth-order valence-corrected chi connectivity index (χ4v) is 3.92. The molecule has 1 fully saturated rings. The van der Waals surface area contributed by atoms with E-state index in [9.17, 15) is 14.7 Å². The lowest BCUT2D eigenvalue weighted by molar-refractivity contribution is -0.139. The summed E-state index contributed by atoms with van der Waals surface area (Å²) in [5.74, 6) is -3.04. The Morgan fingerprint density at radius 3 is 2.78 bits per heavy atom. The number of anilines is 2. The maximum Gasteiger partial charge on any atom is 0.316 e. The number of methoxy groups -OCH3 is 1. The van der Waals surface area contributed by atoms with E-state index >= 15 is 4.39 Å². The van der Waals surface area contributed by atoms with Crippen molar-refractivity contribution in [2.24, 2.45) is 11.8 Å². The summed E-state index contributed by atoms with van der Waals surface area (Å²) in [6, 6.07) is 1.13. The molecule has 1 saturated heterocycles. The van der Waals surface area contributed by atoms with Crippen molar-refractivity contribution in [3.63, 3.8) is 0 Å². The summed E-state index contributed by atoms with van der Waals surface area (Å²) < 4.78 is 20.5. The molecule has 1 aromatic carbocycles. The van der Waals surface area contributed by atoms with Crippen LogP contribution in [0.2, 0.25) is 0 Å². The van der Waals surface area contributed by atoms with Crippen molar-refractivity contribution in [1.29, 1.82) is 0 Å². The summed E-state index contributed by atoms with van der Waals surface area (Å²) in [7, 11) is 3.34. The number of fused-ring (bicyclic) bond motifs is 1. The Balaban J connectivity index is 2.00. The first-order valence-electron chi connectivity index (χ1n) is 9.06. The van der Waals surface area contributed by atoms with E-state index in [2.05, 4.69) is 24.5 Å². The predicted molar refractivity (Wildman–Crippen MR) is 100 cm³/mol. The first-order valence-corrected chi connectivity index (χ1v) is 9.06. The van der Waals surface area contributed by atoms with Gasteiger partial charge in [0, 0.05) is 30.7 Å². The fraction of sp³-hybridized carbons (Fsp3) is 0.579. The van der Waals surface area contributed by atoms with Crippen LogP contribution in [0.15, 0.2) is 6.07 Å². The van der Waals surface area contributed by atoms with E-state index in [0.717, 1.165) is 12.5 Å². The van der Waals surface area contributed by atoms with Crippen LogP contribution in [0.25, 0.3) is 0 Å². The fourth-order valence-electron chi connectivity index (χ4n) is 3.92. The number of carboxylic acids is 1. The molecule has 1 aromatic rings. The number of ether oxygens (including phenoxy) is 1. The van der Waals surface area contributed by atoms with Gasteiger partial charge in [-0.2, -0.15) is 0 Å². The van der Waals surface area contributed by atoms with Crippen LogP contribution in [0.5, 0.6) is 5.75 Å². The highest BCUT2D eigenvalue weighted by molar-refractivity contribution is 6.14. The van der Waals surface area contributed by atoms with Crippen LogP contribution < -0.4 is 20.3 Å². The molecule has 0 amide bonds. The molecule has 0 spiro atoms. The second-order valence-electron chi connectivity index (χ2n) is 7.70. The van der Waals surface area contributed by atoms with Crippen molar-refractivity contribution in [3.8, 4) is 5.75 Å². The van der Waals surface area contributed by atoms with Crippen LogP contribution in [-0.4, -0.2) is 56.2 Å². The van der Waals surface area contributed by atoms with Crippen molar-refractivity contribution in [1.82, 2.24) is 5.32 Å². The number of rotatable bonds is 5. The summed E-state index contributed by atoms with van der Waals surface area (Å²) in [6.07, 6.45) is 0.904. The van der Waals surface area contributed by atoms with Gasteiger partial charge < -0.3 is 25.4 Å². The maximum atomic E-state index is 15.0. The highest BCUT2D eigenvalue weighted by Gasteiger charge is 2.39. The number of carboxylic acid groups (broad SMARTS) is 1. The molecule has 148 valence electrons. The number of nitrogens with one attached hydrogen (secondary N) is 2. The van der Waals surface area contributed by atoms with E-state index in [1.807, 2.05) is 11.9 Å². The normalized spacial score (nSPS) is 22.4. The lowest BCUT2D eigenvalue weighted by atomic mass is 9.87. The summed E-state index contributed by atoms with van der Waals surface area (Å²) in [6.45, 7) is 5.53. The van der Waals surface area contributed by atoms with Crippen molar-refractivity contribution in [2.75, 3.05) is 44.0 Å². The number of ketones is 1. The van der Waals surface area contributed by atoms with Gasteiger partial charge in [0.1, 0.15) is 11.6 Å². The molecule has 2 aliphatic heterocycles. The summed E-state index contributed by atoms with van der Waals surface area (Å²) in [4.78, 5) is 25.7. The SMILES string of the molecule is CNC(C)(C)C1CCN(c2c(F)cc3c(c2OC)NCC(C(=O)O)C3=O)C1. The largest absolute Gasteiger partial charge is 0.492 e. The number of nitrogens with zero attached hydrogens (tertiary/aromatic N) is 1. The molecule has 3 N–H and O–H groups in total. The Morgan fingerprint density at radius 2 is 2.19 bits per heavy atom. The number of carbonyl (C=O) groups excluding carboxylic acids is 1. The molecule has 2 atom stereocenters. The molecule has 8 heteroatoms. The standard InChI is InChI=1S/C19H26FN3O4/c1-19(2,21-3)10-5-6-23(9-10)15-13(20)7-11-14(17(15)27-4)22-8-12(16(11)24)18(25)26/h7,10,12,21-22H,5-6,8-9H2,1-4H3,(H,25,26). The van der Waals surface area contributed by atoms with Gasteiger partial charge in [-0.15, -0.1) is 0 Å². The first kappa shape index (κ1) is 19.4. The number of hydrogen-bond donors (Lipinski definition) is 3. The second kappa shape index (κ2) is 6.99. The molecule has 0 saturated carbocycles. The number of carbonyl (C=O) groups is 2. The number of benzene rings is 1. The van der Waals surface area contributed by atoms with Crippen LogP contribution in [0.1, 0.15) is 30.6 Å². The third-order valence-electron chi connectivity index (χ3n) is 5.95. The highest BCUT2D eigenvalue weighted by atomic mass is 19.1. The monoisotopic (exact) mass is 379 g/mol. The summed E-state index contributed by atoms with van der Waals surface area (Å²) in [5.41, 5.74) is 0.626. The minimum atomic E-state index is -1.22. The van der Waals surface area contributed by atoms with E-state index in [1.54, 1.807) is 0 Å². The van der Waals surface area contributed by atoms with Crippen LogP contribution >= 0.6 is 0 Å². The van der Waals surface area contributed by atoms with E-state index < -0.39 is 23.5 Å². The number of halogens is 1. The van der Waals surface area contributed by atoms with Gasteiger partial charge in [-0.05, 0) is 39.3 Å². The molecule has 3 rings (SSSR count). The molecule has 7 nitrogen and oxygen atoms in total. The van der Waals surface area contributed by atoms with Gasteiger partial charge in [0.25, 0.3) is 0 Å². The van der Waals surface area contributed by atoms with Gasteiger partial charge in [0.2, 0.25) is 0 Å². The molecule has 0 bridgehead atoms. The van der Waals surface area contributed by atoms with Crippen LogP contribution in [0.3, 0.4) is 0 Å². The molecule has 0 aromatic heterocycles. The Bertz CT molecular complexity index is 781. The third-order valence-corrected chi connectivity index (χ3v) is 5.95. The number of hydrogen-bond acceptors (Lipinski definition) is 6. The van der Waals surface area contributed by atoms with Gasteiger partial charge in [-0.25, -0.2) is 4.39 Å². The maximum absolute atomic E-state index is 15.0. The lowest BCUT2D eigenvalue weighted by Gasteiger charge is -2.32.